The van der Waals surface area contributed by atoms with Crippen molar-refractivity contribution in [2.75, 3.05) is 0 Å². The second-order valence-corrected chi connectivity index (χ2v) is 5.17. The molecule has 0 heterocycles. The third-order valence-electron chi connectivity index (χ3n) is 3.68. The second kappa shape index (κ2) is 2.58. The molecule has 0 aromatic rings. The van der Waals surface area contributed by atoms with Crippen molar-refractivity contribution in [1.82, 2.24) is 0 Å². The molecular weight excluding hydrogens is 148 g/mol. The van der Waals surface area contributed by atoms with Crippen LogP contribution in [0.3, 0.4) is 0 Å². The molecule has 3 saturated carbocycles. The lowest BCUT2D eigenvalue weighted by Crippen LogP contribution is -2.27. The first kappa shape index (κ1) is 8.28. The van der Waals surface area contributed by atoms with Crippen molar-refractivity contribution in [2.45, 2.75) is 46.0 Å². The van der Waals surface area contributed by atoms with Crippen molar-refractivity contribution < 1.29 is 4.79 Å². The van der Waals surface area contributed by atoms with E-state index in [0.717, 1.165) is 12.3 Å². The molecular formula is C11H18O. The fourth-order valence-corrected chi connectivity index (χ4v) is 3.00. The van der Waals surface area contributed by atoms with Gasteiger partial charge in [0.25, 0.3) is 0 Å². The van der Waals surface area contributed by atoms with E-state index < -0.39 is 0 Å². The van der Waals surface area contributed by atoms with Crippen LogP contribution >= 0.6 is 0 Å². The number of hydrogen-bond acceptors (Lipinski definition) is 1. The molecule has 1 heteroatoms. The third-order valence-corrected chi connectivity index (χ3v) is 3.68. The molecule has 0 amide bonds. The van der Waals surface area contributed by atoms with Crippen molar-refractivity contribution in [3.05, 3.63) is 0 Å². The zero-order chi connectivity index (χ0) is 8.77. The number of Topliss-reactive ketones (excluding diaryl/α,β-unsaturated/α-hetero) is 1. The Morgan fingerprint density at radius 3 is 2.33 bits per heavy atom. The van der Waals surface area contributed by atoms with Gasteiger partial charge < -0.3 is 0 Å². The Morgan fingerprint density at radius 1 is 1.17 bits per heavy atom. The highest BCUT2D eigenvalue weighted by molar-refractivity contribution is 5.86. The first-order valence-corrected chi connectivity index (χ1v) is 5.14. The fraction of sp³-hybridized carbons (Fsp3) is 0.909. The molecule has 0 aromatic carbocycles. The topological polar surface area (TPSA) is 17.1 Å². The molecule has 2 bridgehead atoms. The van der Waals surface area contributed by atoms with Gasteiger partial charge in [0, 0.05) is 11.3 Å². The van der Waals surface area contributed by atoms with Crippen LogP contribution in [0.4, 0.5) is 0 Å². The van der Waals surface area contributed by atoms with Crippen LogP contribution in [0, 0.1) is 17.3 Å². The van der Waals surface area contributed by atoms with Gasteiger partial charge in [0.1, 0.15) is 5.78 Å². The van der Waals surface area contributed by atoms with Crippen molar-refractivity contribution >= 4 is 5.78 Å². The predicted molar refractivity (Wildman–Crippen MR) is 48.9 cm³/mol. The van der Waals surface area contributed by atoms with E-state index in [1.54, 1.807) is 0 Å². The largest absolute Gasteiger partial charge is 0.299 e. The van der Waals surface area contributed by atoms with Gasteiger partial charge in [-0.05, 0) is 38.0 Å². The summed E-state index contributed by atoms with van der Waals surface area (Å²) in [7, 11) is 0. The molecule has 1 nitrogen and oxygen atoms in total. The van der Waals surface area contributed by atoms with Gasteiger partial charge in [-0.25, -0.2) is 0 Å². The molecule has 0 aromatic heterocycles. The van der Waals surface area contributed by atoms with Gasteiger partial charge in [0.15, 0.2) is 0 Å². The SMILES string of the molecule is CC1(C)CC2CCC(CC2)C1=O. The van der Waals surface area contributed by atoms with Gasteiger partial charge >= 0.3 is 0 Å². The molecule has 0 atom stereocenters. The van der Waals surface area contributed by atoms with Crippen LogP contribution in [0.15, 0.2) is 0 Å². The summed E-state index contributed by atoms with van der Waals surface area (Å²) in [5.41, 5.74) is -0.0116. The van der Waals surface area contributed by atoms with E-state index in [0.29, 0.717) is 11.7 Å². The minimum Gasteiger partial charge on any atom is -0.299 e. The zero-order valence-corrected chi connectivity index (χ0v) is 8.10. The van der Waals surface area contributed by atoms with Crippen LogP contribution < -0.4 is 0 Å². The minimum absolute atomic E-state index is 0.0116. The molecule has 3 fully saturated rings. The lowest BCUT2D eigenvalue weighted by atomic mass is 9.80. The maximum absolute atomic E-state index is 11.9. The number of carbonyl (C=O) groups excluding carboxylic acids is 1. The smallest absolute Gasteiger partial charge is 0.141 e. The number of ketones is 1. The Kier molecular flexibility index (Phi) is 1.78. The molecule has 0 N–H and O–H groups in total. The molecule has 3 rings (SSSR count). The van der Waals surface area contributed by atoms with Crippen LogP contribution in [0.25, 0.3) is 0 Å². The summed E-state index contributed by atoms with van der Waals surface area (Å²) in [6.45, 7) is 4.26. The minimum atomic E-state index is -0.0116. The number of fused-ring (bicyclic) bond motifs is 4. The van der Waals surface area contributed by atoms with E-state index in [1.165, 1.54) is 25.7 Å². The van der Waals surface area contributed by atoms with Gasteiger partial charge in [0.2, 0.25) is 0 Å². The maximum atomic E-state index is 11.9. The Morgan fingerprint density at radius 2 is 1.75 bits per heavy atom. The summed E-state index contributed by atoms with van der Waals surface area (Å²) in [5.74, 6) is 1.81. The van der Waals surface area contributed by atoms with E-state index in [4.69, 9.17) is 0 Å². The molecule has 0 spiro atoms. The average molecular weight is 166 g/mol. The summed E-state index contributed by atoms with van der Waals surface area (Å²) >= 11 is 0. The van der Waals surface area contributed by atoms with Gasteiger partial charge in [-0.2, -0.15) is 0 Å². The first-order chi connectivity index (χ1) is 5.59. The van der Waals surface area contributed by atoms with Crippen molar-refractivity contribution in [3.8, 4) is 0 Å². The Labute approximate surface area is 74.5 Å². The highest BCUT2D eigenvalue weighted by atomic mass is 16.1. The van der Waals surface area contributed by atoms with Crippen molar-refractivity contribution in [1.29, 1.82) is 0 Å². The maximum Gasteiger partial charge on any atom is 0.141 e. The summed E-state index contributed by atoms with van der Waals surface area (Å²) in [6.07, 6.45) is 6.10. The molecule has 0 radical (unpaired) electrons. The second-order valence-electron chi connectivity index (χ2n) is 5.17. The number of rotatable bonds is 0. The normalized spacial score (nSPS) is 39.7. The molecule has 3 aliphatic rings. The standard InChI is InChI=1S/C11H18O/c1-11(2)7-8-3-5-9(6-4-8)10(11)12/h8-9H,3-7H2,1-2H3. The average Bonchev–Trinajstić information content (AvgIpc) is 2.18. The van der Waals surface area contributed by atoms with Crippen molar-refractivity contribution in [2.24, 2.45) is 17.3 Å². The lowest BCUT2D eigenvalue weighted by Gasteiger charge is -2.22. The monoisotopic (exact) mass is 166 g/mol. The van der Waals surface area contributed by atoms with Gasteiger partial charge in [-0.1, -0.05) is 13.8 Å². The number of carbonyl (C=O) groups is 1. The van der Waals surface area contributed by atoms with E-state index >= 15 is 0 Å². The summed E-state index contributed by atoms with van der Waals surface area (Å²) in [6, 6.07) is 0. The predicted octanol–water partition coefficient (Wildman–Crippen LogP) is 2.79. The van der Waals surface area contributed by atoms with Gasteiger partial charge in [0.05, 0.1) is 0 Å². The first-order valence-electron chi connectivity index (χ1n) is 5.14. The van der Waals surface area contributed by atoms with Gasteiger partial charge in [-0.15, -0.1) is 0 Å². The van der Waals surface area contributed by atoms with E-state index in [-0.39, 0.29) is 5.41 Å². The van der Waals surface area contributed by atoms with E-state index in [9.17, 15) is 4.79 Å². The lowest BCUT2D eigenvalue weighted by molar-refractivity contribution is -0.130. The third kappa shape index (κ3) is 1.19. The Balaban J connectivity index is 2.27. The molecule has 12 heavy (non-hydrogen) atoms. The van der Waals surface area contributed by atoms with Crippen LogP contribution in [-0.4, -0.2) is 5.78 Å². The summed E-state index contributed by atoms with van der Waals surface area (Å²) in [4.78, 5) is 11.9. The van der Waals surface area contributed by atoms with E-state index in [1.807, 2.05) is 0 Å². The molecule has 0 aliphatic heterocycles. The zero-order valence-electron chi connectivity index (χ0n) is 8.10. The Bertz CT molecular complexity index is 197. The van der Waals surface area contributed by atoms with Crippen LogP contribution in [-0.2, 0) is 4.79 Å². The molecule has 0 unspecified atom stereocenters. The summed E-state index contributed by atoms with van der Waals surface area (Å²) < 4.78 is 0. The van der Waals surface area contributed by atoms with Crippen LogP contribution in [0.1, 0.15) is 46.0 Å². The van der Waals surface area contributed by atoms with Crippen LogP contribution in [0.5, 0.6) is 0 Å². The van der Waals surface area contributed by atoms with Crippen molar-refractivity contribution in [3.63, 3.8) is 0 Å². The Hall–Kier alpha value is -0.330. The summed E-state index contributed by atoms with van der Waals surface area (Å²) in [5, 5.41) is 0. The quantitative estimate of drug-likeness (QED) is 0.541. The molecule has 3 aliphatic carbocycles. The molecule has 0 saturated heterocycles. The van der Waals surface area contributed by atoms with Crippen LogP contribution in [0.2, 0.25) is 0 Å². The van der Waals surface area contributed by atoms with E-state index in [2.05, 4.69) is 13.8 Å². The highest BCUT2D eigenvalue weighted by Gasteiger charge is 2.41. The van der Waals surface area contributed by atoms with Gasteiger partial charge in [-0.3, -0.25) is 4.79 Å². The fourth-order valence-electron chi connectivity index (χ4n) is 3.00. The number of hydrogen-bond donors (Lipinski definition) is 0. The molecule has 68 valence electrons. The highest BCUT2D eigenvalue weighted by Crippen LogP contribution is 2.44.